The summed E-state index contributed by atoms with van der Waals surface area (Å²) in [6.45, 7) is 7.85. The Hall–Kier alpha value is -2.74. The molecule has 0 saturated heterocycles. The normalized spacial score (nSPS) is 18.7. The lowest BCUT2D eigenvalue weighted by Gasteiger charge is -2.22. The maximum Gasteiger partial charge on any atom is 0.256 e. The second kappa shape index (κ2) is 10.3. The largest absolute Gasteiger partial charge is 0.256 e. The van der Waals surface area contributed by atoms with E-state index >= 15 is 0 Å². The van der Waals surface area contributed by atoms with Crippen LogP contribution in [0, 0.1) is 25.7 Å². The van der Waals surface area contributed by atoms with Crippen LogP contribution < -0.4 is 0 Å². The Labute approximate surface area is 215 Å². The average Bonchev–Trinajstić information content (AvgIpc) is 3.63. The molecule has 1 aliphatic carbocycles. The minimum atomic E-state index is -4.27. The van der Waals surface area contributed by atoms with E-state index in [1.54, 1.807) is 24.3 Å². The van der Waals surface area contributed by atoms with Crippen LogP contribution in [0.25, 0.3) is 5.57 Å². The van der Waals surface area contributed by atoms with Gasteiger partial charge in [0, 0.05) is 6.54 Å². The van der Waals surface area contributed by atoms with Crippen LogP contribution in [-0.2, 0) is 20.0 Å². The van der Waals surface area contributed by atoms with Crippen molar-refractivity contribution in [2.24, 2.45) is 11.8 Å². The van der Waals surface area contributed by atoms with Crippen molar-refractivity contribution in [3.8, 4) is 0 Å². The topological polar surface area (TPSA) is 71.5 Å². The maximum absolute atomic E-state index is 13.6. The molecule has 2 atom stereocenters. The van der Waals surface area contributed by atoms with Crippen LogP contribution in [0.1, 0.15) is 43.4 Å². The van der Waals surface area contributed by atoms with Crippen molar-refractivity contribution in [2.75, 3.05) is 6.54 Å². The lowest BCUT2D eigenvalue weighted by Crippen LogP contribution is -2.38. The lowest BCUT2D eigenvalue weighted by atomic mass is 9.98. The molecule has 0 radical (unpaired) electrons. The predicted octanol–water partition coefficient (Wildman–Crippen LogP) is 6.20. The van der Waals surface area contributed by atoms with Gasteiger partial charge in [-0.1, -0.05) is 75.0 Å². The number of rotatable bonds is 9. The molecule has 0 N–H and O–H groups in total. The molecule has 36 heavy (non-hydrogen) atoms. The Morgan fingerprint density at radius 2 is 1.22 bits per heavy atom. The van der Waals surface area contributed by atoms with Gasteiger partial charge in [-0.2, -0.15) is 0 Å². The summed E-state index contributed by atoms with van der Waals surface area (Å²) < 4.78 is 55.1. The number of nitrogens with zero attached hydrogens (tertiary/aromatic N) is 1. The Morgan fingerprint density at radius 3 is 1.69 bits per heavy atom. The molecule has 4 rings (SSSR count). The van der Waals surface area contributed by atoms with Crippen LogP contribution in [-0.4, -0.2) is 27.1 Å². The first kappa shape index (κ1) is 26.3. The van der Waals surface area contributed by atoms with E-state index in [4.69, 9.17) is 0 Å². The summed E-state index contributed by atoms with van der Waals surface area (Å²) in [7, 11) is -8.53. The third-order valence-corrected chi connectivity index (χ3v) is 11.5. The highest BCUT2D eigenvalue weighted by molar-refractivity contribution is 8.04. The molecular weight excluding hydrogens is 490 g/mol. The number of hydrogen-bond acceptors (Lipinski definition) is 4. The smallest absolute Gasteiger partial charge is 0.206 e. The summed E-state index contributed by atoms with van der Waals surface area (Å²) in [4.78, 5) is -0.0423. The summed E-state index contributed by atoms with van der Waals surface area (Å²) in [5.74, 6) is 0.573. The molecule has 0 bridgehead atoms. The molecule has 7 heteroatoms. The van der Waals surface area contributed by atoms with Crippen molar-refractivity contribution in [1.29, 1.82) is 0 Å². The van der Waals surface area contributed by atoms with Crippen LogP contribution in [0.15, 0.2) is 94.2 Å². The molecule has 0 aromatic heterocycles. The highest BCUT2D eigenvalue weighted by atomic mass is 32.3. The molecular formula is C29H33NO4S2. The zero-order valence-corrected chi connectivity index (χ0v) is 22.8. The number of sulfonamides is 2. The molecule has 1 fully saturated rings. The first-order valence-electron chi connectivity index (χ1n) is 12.2. The third kappa shape index (κ3) is 5.48. The van der Waals surface area contributed by atoms with Gasteiger partial charge in [0.2, 0.25) is 0 Å². The van der Waals surface area contributed by atoms with E-state index in [-0.39, 0.29) is 22.3 Å². The van der Waals surface area contributed by atoms with Crippen LogP contribution in [0.5, 0.6) is 0 Å². The second-order valence-corrected chi connectivity index (χ2v) is 13.7. The highest BCUT2D eigenvalue weighted by Crippen LogP contribution is 2.48. The molecule has 3 aromatic rings. The van der Waals surface area contributed by atoms with Crippen molar-refractivity contribution in [3.63, 3.8) is 0 Å². The summed E-state index contributed by atoms with van der Waals surface area (Å²) in [5, 5.41) is 0. The highest BCUT2D eigenvalue weighted by Gasteiger charge is 2.42. The minimum absolute atomic E-state index is 0.0212. The Kier molecular flexibility index (Phi) is 7.55. The predicted molar refractivity (Wildman–Crippen MR) is 144 cm³/mol. The number of allylic oxidation sites excluding steroid dienone is 2. The van der Waals surface area contributed by atoms with Crippen LogP contribution in [0.4, 0.5) is 0 Å². The Morgan fingerprint density at radius 1 is 0.750 bits per heavy atom. The Bertz CT molecular complexity index is 1380. The average molecular weight is 524 g/mol. The summed E-state index contributed by atoms with van der Waals surface area (Å²) in [6.07, 6.45) is 1.40. The van der Waals surface area contributed by atoms with Gasteiger partial charge in [0.25, 0.3) is 20.0 Å². The van der Waals surface area contributed by atoms with E-state index in [1.807, 2.05) is 32.0 Å². The monoisotopic (exact) mass is 523 g/mol. The quantitative estimate of drug-likeness (QED) is 0.335. The molecule has 0 heterocycles. The van der Waals surface area contributed by atoms with Crippen LogP contribution >= 0.6 is 0 Å². The van der Waals surface area contributed by atoms with Crippen molar-refractivity contribution >= 4 is 25.6 Å². The van der Waals surface area contributed by atoms with E-state index in [9.17, 15) is 16.8 Å². The molecule has 1 aliphatic rings. The fourth-order valence-electron chi connectivity index (χ4n) is 4.59. The van der Waals surface area contributed by atoms with Crippen molar-refractivity contribution in [2.45, 2.75) is 50.3 Å². The fraction of sp³-hybridized carbons (Fsp3) is 0.310. The molecule has 190 valence electrons. The molecule has 5 nitrogen and oxygen atoms in total. The van der Waals surface area contributed by atoms with Gasteiger partial charge in [0.15, 0.2) is 0 Å². The van der Waals surface area contributed by atoms with Crippen molar-refractivity contribution in [1.82, 2.24) is 3.71 Å². The van der Waals surface area contributed by atoms with E-state index in [0.29, 0.717) is 16.0 Å². The van der Waals surface area contributed by atoms with Crippen molar-refractivity contribution < 1.29 is 16.8 Å². The van der Waals surface area contributed by atoms with Gasteiger partial charge in [-0.15, -0.1) is 0 Å². The summed E-state index contributed by atoms with van der Waals surface area (Å²) in [6, 6.07) is 22.8. The molecule has 3 aromatic carbocycles. The Balaban J connectivity index is 1.61. The third-order valence-electron chi connectivity index (χ3n) is 7.13. The van der Waals surface area contributed by atoms with Gasteiger partial charge in [-0.25, -0.2) is 16.8 Å². The first-order chi connectivity index (χ1) is 17.0. The van der Waals surface area contributed by atoms with Gasteiger partial charge in [0.1, 0.15) is 0 Å². The molecule has 1 saturated carbocycles. The number of hydrogen-bond donors (Lipinski definition) is 0. The number of aryl methyl sites for hydroxylation is 2. The summed E-state index contributed by atoms with van der Waals surface area (Å²) in [5.41, 5.74) is 5.48. The zero-order chi connectivity index (χ0) is 26.1. The van der Waals surface area contributed by atoms with Gasteiger partial charge in [0.05, 0.1) is 9.79 Å². The fourth-order valence-corrected chi connectivity index (χ4v) is 8.26. The standard InChI is InChI=1S/C29H33NO4S2/c1-21-10-14-27(15-11-21)35(31,32)30(36(33,34)28-16-12-22(2)13-17-28)19-18-26-20-29(26)24(4)23(3)25-8-6-5-7-9-25/h5-17,26,29H,18-20H2,1-4H3/b24-23+. The molecule has 0 spiro atoms. The zero-order valence-electron chi connectivity index (χ0n) is 21.2. The van der Waals surface area contributed by atoms with E-state index in [1.165, 1.54) is 41.0 Å². The van der Waals surface area contributed by atoms with Gasteiger partial charge in [-0.3, -0.25) is 0 Å². The second-order valence-electron chi connectivity index (χ2n) is 9.70. The SMILES string of the molecule is C/C(=C(/C)C1CC1CCN(S(=O)(=O)c1ccc(C)cc1)S(=O)(=O)c1ccc(C)cc1)c1ccccc1. The van der Waals surface area contributed by atoms with Gasteiger partial charge in [-0.05, 0) is 87.8 Å². The van der Waals surface area contributed by atoms with Crippen LogP contribution in [0.2, 0.25) is 0 Å². The van der Waals surface area contributed by atoms with Crippen LogP contribution in [0.3, 0.4) is 0 Å². The molecule has 2 unspecified atom stereocenters. The molecule has 0 amide bonds. The lowest BCUT2D eigenvalue weighted by molar-refractivity contribution is 0.479. The van der Waals surface area contributed by atoms with Crippen molar-refractivity contribution in [3.05, 3.63) is 101 Å². The molecule has 0 aliphatic heterocycles. The number of benzene rings is 3. The van der Waals surface area contributed by atoms with E-state index in [0.717, 1.165) is 17.5 Å². The van der Waals surface area contributed by atoms with E-state index in [2.05, 4.69) is 26.0 Å². The van der Waals surface area contributed by atoms with E-state index < -0.39 is 20.0 Å². The summed E-state index contributed by atoms with van der Waals surface area (Å²) >= 11 is 0. The van der Waals surface area contributed by atoms with Gasteiger partial charge >= 0.3 is 0 Å². The minimum Gasteiger partial charge on any atom is -0.206 e. The maximum atomic E-state index is 13.6. The van der Waals surface area contributed by atoms with Gasteiger partial charge < -0.3 is 0 Å². The first-order valence-corrected chi connectivity index (χ1v) is 15.0.